The maximum Gasteiger partial charge on any atom is 0.256 e. The van der Waals surface area contributed by atoms with E-state index in [0.717, 1.165) is 11.1 Å². The predicted octanol–water partition coefficient (Wildman–Crippen LogP) is 2.24. The molecule has 3 rings (SSSR count). The van der Waals surface area contributed by atoms with Gasteiger partial charge < -0.3 is 10.6 Å². The third-order valence-corrected chi connectivity index (χ3v) is 2.98. The van der Waals surface area contributed by atoms with E-state index < -0.39 is 0 Å². The van der Waals surface area contributed by atoms with E-state index in [-0.39, 0.29) is 12.1 Å². The molecule has 0 fully saturated rings. The molecular formula is C14H13N3O. The van der Waals surface area contributed by atoms with Crippen LogP contribution in [0.5, 0.6) is 0 Å². The van der Waals surface area contributed by atoms with Gasteiger partial charge in [0.05, 0.1) is 5.56 Å². The highest BCUT2D eigenvalue weighted by molar-refractivity contribution is 6.00. The fourth-order valence-electron chi connectivity index (χ4n) is 2.10. The maximum atomic E-state index is 12.0. The summed E-state index contributed by atoms with van der Waals surface area (Å²) in [4.78, 5) is 16.2. The molecule has 1 aliphatic heterocycles. The van der Waals surface area contributed by atoms with E-state index in [4.69, 9.17) is 0 Å². The highest BCUT2D eigenvalue weighted by Crippen LogP contribution is 2.24. The second-order valence-corrected chi connectivity index (χ2v) is 4.36. The summed E-state index contributed by atoms with van der Waals surface area (Å²) in [5.41, 5.74) is 2.77. The summed E-state index contributed by atoms with van der Waals surface area (Å²) >= 11 is 0. The summed E-state index contributed by atoms with van der Waals surface area (Å²) in [6.07, 6.45) is 1.46. The first kappa shape index (κ1) is 10.8. The van der Waals surface area contributed by atoms with Gasteiger partial charge in [-0.2, -0.15) is 0 Å². The van der Waals surface area contributed by atoms with Crippen molar-refractivity contribution in [1.29, 1.82) is 0 Å². The zero-order valence-electron chi connectivity index (χ0n) is 9.97. The van der Waals surface area contributed by atoms with Gasteiger partial charge in [0.1, 0.15) is 12.0 Å². The molecule has 1 aromatic heterocycles. The molecule has 18 heavy (non-hydrogen) atoms. The number of fused-ring (bicyclic) bond motifs is 1. The number of aromatic nitrogens is 1. The Morgan fingerprint density at radius 2 is 2.06 bits per heavy atom. The van der Waals surface area contributed by atoms with Crippen molar-refractivity contribution in [1.82, 2.24) is 10.3 Å². The predicted molar refractivity (Wildman–Crippen MR) is 69.2 cm³/mol. The molecule has 90 valence electrons. The average molecular weight is 239 g/mol. The zero-order valence-corrected chi connectivity index (χ0v) is 9.97. The molecule has 0 aliphatic carbocycles. The molecule has 2 N–H and O–H groups in total. The lowest BCUT2D eigenvalue weighted by atomic mass is 10.1. The van der Waals surface area contributed by atoms with Gasteiger partial charge in [-0.25, -0.2) is 4.98 Å². The average Bonchev–Trinajstić information content (AvgIpc) is 2.39. The molecule has 0 saturated heterocycles. The van der Waals surface area contributed by atoms with Crippen molar-refractivity contribution in [3.63, 3.8) is 0 Å². The highest BCUT2D eigenvalue weighted by atomic mass is 16.2. The molecule has 0 radical (unpaired) electrons. The minimum absolute atomic E-state index is 0.0941. The van der Waals surface area contributed by atoms with Gasteiger partial charge in [-0.15, -0.1) is 0 Å². The first-order valence-electron chi connectivity index (χ1n) is 5.83. The standard InChI is InChI=1S/C14H13N3O/c1-9-4-2-5-10(8-9)12-16-13-11(14(18)17-12)6-3-7-15-13/h2-8,12H,1H3,(H,15,16)(H,17,18)/t12-/m1/s1. The van der Waals surface area contributed by atoms with Crippen molar-refractivity contribution in [3.05, 3.63) is 59.3 Å². The summed E-state index contributed by atoms with van der Waals surface area (Å²) < 4.78 is 0. The number of carbonyl (C=O) groups excluding carboxylic acids is 1. The Kier molecular flexibility index (Phi) is 2.48. The quantitative estimate of drug-likeness (QED) is 0.802. The molecule has 2 aromatic rings. The summed E-state index contributed by atoms with van der Waals surface area (Å²) in [5.74, 6) is 0.538. The second-order valence-electron chi connectivity index (χ2n) is 4.36. The smallest absolute Gasteiger partial charge is 0.256 e. The molecule has 1 atom stereocenters. The summed E-state index contributed by atoms with van der Waals surface area (Å²) in [6.45, 7) is 2.03. The summed E-state index contributed by atoms with van der Waals surface area (Å²) in [5, 5.41) is 6.15. The molecule has 0 unspecified atom stereocenters. The van der Waals surface area contributed by atoms with Crippen LogP contribution in [0, 0.1) is 6.92 Å². The first-order valence-corrected chi connectivity index (χ1v) is 5.83. The molecule has 2 heterocycles. The topological polar surface area (TPSA) is 54.0 Å². The number of carbonyl (C=O) groups is 1. The van der Waals surface area contributed by atoms with E-state index in [2.05, 4.69) is 15.6 Å². The number of rotatable bonds is 1. The monoisotopic (exact) mass is 239 g/mol. The second kappa shape index (κ2) is 4.14. The Morgan fingerprint density at radius 3 is 2.89 bits per heavy atom. The van der Waals surface area contributed by atoms with Crippen LogP contribution in [0.25, 0.3) is 0 Å². The molecule has 4 heteroatoms. The Bertz CT molecular complexity index is 609. The third-order valence-electron chi connectivity index (χ3n) is 2.98. The lowest BCUT2D eigenvalue weighted by molar-refractivity contribution is 0.0935. The largest absolute Gasteiger partial charge is 0.346 e. The summed E-state index contributed by atoms with van der Waals surface area (Å²) in [7, 11) is 0. The number of hydrogen-bond donors (Lipinski definition) is 2. The highest BCUT2D eigenvalue weighted by Gasteiger charge is 2.24. The lowest BCUT2D eigenvalue weighted by Gasteiger charge is -2.27. The maximum absolute atomic E-state index is 12.0. The van der Waals surface area contributed by atoms with Crippen LogP contribution in [0.3, 0.4) is 0 Å². The Hall–Kier alpha value is -2.36. The van der Waals surface area contributed by atoms with Crippen LogP contribution in [0.4, 0.5) is 5.82 Å². The Balaban J connectivity index is 1.97. The van der Waals surface area contributed by atoms with Crippen LogP contribution in [0.15, 0.2) is 42.6 Å². The normalized spacial score (nSPS) is 17.6. The van der Waals surface area contributed by atoms with Crippen LogP contribution in [-0.2, 0) is 0 Å². The van der Waals surface area contributed by atoms with Gasteiger partial charge in [0.15, 0.2) is 0 Å². The van der Waals surface area contributed by atoms with Crippen molar-refractivity contribution in [3.8, 4) is 0 Å². The Morgan fingerprint density at radius 1 is 1.17 bits per heavy atom. The number of nitrogens with zero attached hydrogens (tertiary/aromatic N) is 1. The van der Waals surface area contributed by atoms with Gasteiger partial charge in [-0.3, -0.25) is 4.79 Å². The van der Waals surface area contributed by atoms with Gasteiger partial charge in [0, 0.05) is 6.20 Å². The van der Waals surface area contributed by atoms with E-state index in [0.29, 0.717) is 11.4 Å². The van der Waals surface area contributed by atoms with Crippen LogP contribution in [-0.4, -0.2) is 10.9 Å². The number of anilines is 1. The van der Waals surface area contributed by atoms with Crippen LogP contribution in [0.1, 0.15) is 27.7 Å². The third kappa shape index (κ3) is 1.82. The van der Waals surface area contributed by atoms with E-state index in [1.807, 2.05) is 31.2 Å². The number of nitrogens with one attached hydrogen (secondary N) is 2. The molecule has 4 nitrogen and oxygen atoms in total. The number of aryl methyl sites for hydroxylation is 1. The van der Waals surface area contributed by atoms with Crippen LogP contribution in [0.2, 0.25) is 0 Å². The Labute approximate surface area is 105 Å². The minimum Gasteiger partial charge on any atom is -0.346 e. The number of hydrogen-bond acceptors (Lipinski definition) is 3. The van der Waals surface area contributed by atoms with E-state index in [1.54, 1.807) is 18.3 Å². The fourth-order valence-corrected chi connectivity index (χ4v) is 2.10. The van der Waals surface area contributed by atoms with Crippen molar-refractivity contribution < 1.29 is 4.79 Å². The lowest BCUT2D eigenvalue weighted by Crippen LogP contribution is -2.38. The number of benzene rings is 1. The molecule has 0 spiro atoms. The molecule has 1 aliphatic rings. The van der Waals surface area contributed by atoms with E-state index >= 15 is 0 Å². The van der Waals surface area contributed by atoms with Crippen molar-refractivity contribution in [2.45, 2.75) is 13.1 Å². The van der Waals surface area contributed by atoms with E-state index in [1.165, 1.54) is 0 Å². The van der Waals surface area contributed by atoms with Crippen LogP contribution >= 0.6 is 0 Å². The first-order chi connectivity index (χ1) is 8.74. The molecule has 0 saturated carbocycles. The molecule has 1 amide bonds. The van der Waals surface area contributed by atoms with Gasteiger partial charge in [-0.1, -0.05) is 29.8 Å². The minimum atomic E-state index is -0.222. The van der Waals surface area contributed by atoms with Gasteiger partial charge in [0.2, 0.25) is 0 Å². The van der Waals surface area contributed by atoms with Crippen molar-refractivity contribution in [2.24, 2.45) is 0 Å². The van der Waals surface area contributed by atoms with Gasteiger partial charge >= 0.3 is 0 Å². The summed E-state index contributed by atoms with van der Waals surface area (Å²) in [6, 6.07) is 11.6. The van der Waals surface area contributed by atoms with Gasteiger partial charge in [0.25, 0.3) is 5.91 Å². The van der Waals surface area contributed by atoms with Gasteiger partial charge in [-0.05, 0) is 24.6 Å². The van der Waals surface area contributed by atoms with Crippen molar-refractivity contribution >= 4 is 11.7 Å². The number of amides is 1. The zero-order chi connectivity index (χ0) is 12.5. The molecular weight excluding hydrogens is 226 g/mol. The fraction of sp³-hybridized carbons (Fsp3) is 0.143. The van der Waals surface area contributed by atoms with Crippen molar-refractivity contribution in [2.75, 3.05) is 5.32 Å². The number of pyridine rings is 1. The van der Waals surface area contributed by atoms with E-state index in [9.17, 15) is 4.79 Å². The van der Waals surface area contributed by atoms with Crippen LogP contribution < -0.4 is 10.6 Å². The SMILES string of the molecule is Cc1cccc([C@H]2NC(=O)c3cccnc3N2)c1. The molecule has 1 aromatic carbocycles. The molecule has 0 bridgehead atoms.